The lowest BCUT2D eigenvalue weighted by molar-refractivity contribution is -0.142. The molecule has 3 nitrogen and oxygen atoms in total. The molecule has 0 fully saturated rings. The fourth-order valence-corrected chi connectivity index (χ4v) is 3.35. The first-order valence-corrected chi connectivity index (χ1v) is 7.80. The van der Waals surface area contributed by atoms with Crippen LogP contribution in [0.4, 0.5) is 0 Å². The number of carbonyl (C=O) groups is 1. The third kappa shape index (κ3) is 2.91. The lowest BCUT2D eigenvalue weighted by atomic mass is 9.77. The van der Waals surface area contributed by atoms with Crippen LogP contribution < -0.4 is 0 Å². The molecule has 1 atom stereocenters. The van der Waals surface area contributed by atoms with Gasteiger partial charge in [-0.2, -0.15) is 0 Å². The van der Waals surface area contributed by atoms with Crippen LogP contribution >= 0.6 is 15.9 Å². The average Bonchev–Trinajstić information content (AvgIpc) is 2.36. The van der Waals surface area contributed by atoms with Gasteiger partial charge in [-0.1, -0.05) is 47.5 Å². The van der Waals surface area contributed by atoms with Gasteiger partial charge in [-0.3, -0.25) is 4.79 Å². The maximum Gasteiger partial charge on any atom is 0.324 e. The Morgan fingerprint density at radius 3 is 2.85 bits per heavy atom. The zero-order valence-corrected chi connectivity index (χ0v) is 14.0. The van der Waals surface area contributed by atoms with Crippen molar-refractivity contribution in [2.24, 2.45) is 0 Å². The summed E-state index contributed by atoms with van der Waals surface area (Å²) in [4.78, 5) is 11.6. The molecule has 0 N–H and O–H groups in total. The number of ether oxygens (including phenoxy) is 2. The summed E-state index contributed by atoms with van der Waals surface area (Å²) in [6.07, 6.45) is 0. The highest BCUT2D eigenvalue weighted by Crippen LogP contribution is 2.40. The van der Waals surface area contributed by atoms with Gasteiger partial charge < -0.3 is 9.47 Å². The monoisotopic (exact) mass is 340 g/mol. The molecular weight excluding hydrogens is 320 g/mol. The van der Waals surface area contributed by atoms with Gasteiger partial charge in [-0.05, 0) is 30.5 Å². The molecule has 1 aliphatic heterocycles. The Kier molecular flexibility index (Phi) is 4.55. The van der Waals surface area contributed by atoms with E-state index >= 15 is 0 Å². The van der Waals surface area contributed by atoms with Crippen LogP contribution in [0.2, 0.25) is 0 Å². The number of alkyl halides is 1. The van der Waals surface area contributed by atoms with Gasteiger partial charge in [0, 0.05) is 5.41 Å². The van der Waals surface area contributed by atoms with Gasteiger partial charge >= 0.3 is 5.97 Å². The molecule has 1 heterocycles. The second-order valence-electron chi connectivity index (χ2n) is 5.88. The molecule has 0 spiro atoms. The number of aryl methyl sites for hydroxylation is 1. The van der Waals surface area contributed by atoms with Crippen molar-refractivity contribution in [1.29, 1.82) is 0 Å². The maximum atomic E-state index is 12.1. The zero-order valence-electron chi connectivity index (χ0n) is 12.5. The molecule has 0 radical (unpaired) electrons. The van der Waals surface area contributed by atoms with E-state index in [4.69, 9.17) is 9.47 Å². The first kappa shape index (κ1) is 15.5. The van der Waals surface area contributed by atoms with E-state index in [1.165, 1.54) is 11.1 Å². The van der Waals surface area contributed by atoms with Gasteiger partial charge in [0.05, 0.1) is 19.8 Å². The van der Waals surface area contributed by atoms with Gasteiger partial charge in [0.25, 0.3) is 0 Å². The largest absolute Gasteiger partial charge is 0.465 e. The Hall–Kier alpha value is -0.870. The Morgan fingerprint density at radius 2 is 2.20 bits per heavy atom. The standard InChI is InChI=1S/C16H21BrO3/c1-5-20-15(18)14(17)12-7-10(2)6-11-8-19-9-16(3,4)13(11)12/h6-7,14H,5,8-9H2,1-4H3. The van der Waals surface area contributed by atoms with Crippen molar-refractivity contribution in [3.63, 3.8) is 0 Å². The maximum absolute atomic E-state index is 12.1. The fraction of sp³-hybridized carbons (Fsp3) is 0.562. The number of esters is 1. The Morgan fingerprint density at radius 1 is 1.50 bits per heavy atom. The van der Waals surface area contributed by atoms with Crippen LogP contribution in [0, 0.1) is 6.92 Å². The van der Waals surface area contributed by atoms with Gasteiger partial charge in [0.2, 0.25) is 0 Å². The molecular formula is C16H21BrO3. The molecule has 0 saturated carbocycles. The molecule has 0 bridgehead atoms. The predicted octanol–water partition coefficient (Wildman–Crippen LogP) is 3.80. The highest BCUT2D eigenvalue weighted by molar-refractivity contribution is 9.09. The van der Waals surface area contributed by atoms with E-state index in [2.05, 4.69) is 41.9 Å². The van der Waals surface area contributed by atoms with Gasteiger partial charge in [-0.15, -0.1) is 0 Å². The quantitative estimate of drug-likeness (QED) is 0.620. The van der Waals surface area contributed by atoms with E-state index in [-0.39, 0.29) is 11.4 Å². The van der Waals surface area contributed by atoms with Crippen molar-refractivity contribution in [2.45, 2.75) is 44.5 Å². The van der Waals surface area contributed by atoms with Crippen LogP contribution in [0.15, 0.2) is 12.1 Å². The number of halogens is 1. The molecule has 20 heavy (non-hydrogen) atoms. The molecule has 0 aromatic heterocycles. The lowest BCUT2D eigenvalue weighted by Gasteiger charge is -2.35. The van der Waals surface area contributed by atoms with E-state index in [0.29, 0.717) is 19.8 Å². The van der Waals surface area contributed by atoms with E-state index < -0.39 is 4.83 Å². The summed E-state index contributed by atoms with van der Waals surface area (Å²) in [6.45, 7) is 9.82. The number of hydrogen-bond donors (Lipinski definition) is 0. The molecule has 1 aliphatic rings. The van der Waals surface area contributed by atoms with Gasteiger partial charge in [0.1, 0.15) is 4.83 Å². The molecule has 0 aliphatic carbocycles. The topological polar surface area (TPSA) is 35.5 Å². The second-order valence-corrected chi connectivity index (χ2v) is 6.80. The molecule has 2 rings (SSSR count). The van der Waals surface area contributed by atoms with Crippen molar-refractivity contribution in [3.05, 3.63) is 34.4 Å². The summed E-state index contributed by atoms with van der Waals surface area (Å²) in [5, 5.41) is 0. The Bertz CT molecular complexity index is 523. The summed E-state index contributed by atoms with van der Waals surface area (Å²) in [5.41, 5.74) is 4.42. The van der Waals surface area contributed by atoms with Crippen LogP contribution in [0.5, 0.6) is 0 Å². The first-order valence-electron chi connectivity index (χ1n) is 6.89. The van der Waals surface area contributed by atoms with Gasteiger partial charge in [0.15, 0.2) is 0 Å². The van der Waals surface area contributed by atoms with Crippen LogP contribution in [0.1, 0.15) is 47.9 Å². The number of hydrogen-bond acceptors (Lipinski definition) is 3. The highest BCUT2D eigenvalue weighted by atomic mass is 79.9. The molecule has 1 aromatic rings. The summed E-state index contributed by atoms with van der Waals surface area (Å²) in [5.74, 6) is -0.234. The highest BCUT2D eigenvalue weighted by Gasteiger charge is 2.34. The summed E-state index contributed by atoms with van der Waals surface area (Å²) < 4.78 is 10.8. The SMILES string of the molecule is CCOC(=O)C(Br)c1cc(C)cc2c1C(C)(C)COC2. The lowest BCUT2D eigenvalue weighted by Crippen LogP contribution is -2.32. The minimum Gasteiger partial charge on any atom is -0.465 e. The zero-order chi connectivity index (χ0) is 14.9. The summed E-state index contributed by atoms with van der Waals surface area (Å²) >= 11 is 3.50. The number of carbonyl (C=O) groups excluding carboxylic acids is 1. The molecule has 1 aromatic carbocycles. The number of benzene rings is 1. The Labute approximate surface area is 128 Å². The van der Waals surface area contributed by atoms with Crippen LogP contribution in [-0.4, -0.2) is 19.2 Å². The van der Waals surface area contributed by atoms with Crippen molar-refractivity contribution in [1.82, 2.24) is 0 Å². The predicted molar refractivity (Wildman–Crippen MR) is 82.2 cm³/mol. The van der Waals surface area contributed by atoms with E-state index in [1.54, 1.807) is 0 Å². The smallest absolute Gasteiger partial charge is 0.324 e. The van der Waals surface area contributed by atoms with E-state index in [9.17, 15) is 4.79 Å². The van der Waals surface area contributed by atoms with E-state index in [0.717, 1.165) is 11.1 Å². The van der Waals surface area contributed by atoms with Gasteiger partial charge in [-0.25, -0.2) is 0 Å². The number of rotatable bonds is 3. The molecule has 4 heteroatoms. The molecule has 0 saturated heterocycles. The van der Waals surface area contributed by atoms with Crippen LogP contribution in [-0.2, 0) is 26.3 Å². The van der Waals surface area contributed by atoms with Crippen molar-refractivity contribution >= 4 is 21.9 Å². The second kappa shape index (κ2) is 5.86. The third-order valence-corrected chi connectivity index (χ3v) is 4.43. The van der Waals surface area contributed by atoms with Crippen molar-refractivity contribution in [2.75, 3.05) is 13.2 Å². The molecule has 1 unspecified atom stereocenters. The minimum atomic E-state index is -0.423. The Balaban J connectivity index is 2.53. The van der Waals surface area contributed by atoms with E-state index in [1.807, 2.05) is 13.8 Å². The number of fused-ring (bicyclic) bond motifs is 1. The summed E-state index contributed by atoms with van der Waals surface area (Å²) in [6, 6.07) is 4.22. The van der Waals surface area contributed by atoms with Crippen molar-refractivity contribution < 1.29 is 14.3 Å². The first-order chi connectivity index (χ1) is 9.36. The van der Waals surface area contributed by atoms with Crippen molar-refractivity contribution in [3.8, 4) is 0 Å². The molecule has 110 valence electrons. The van der Waals surface area contributed by atoms with Crippen LogP contribution in [0.25, 0.3) is 0 Å². The third-order valence-electron chi connectivity index (χ3n) is 3.56. The molecule has 0 amide bonds. The minimum absolute atomic E-state index is 0.102. The summed E-state index contributed by atoms with van der Waals surface area (Å²) in [7, 11) is 0. The normalized spacial score (nSPS) is 18.2. The average molecular weight is 341 g/mol. The van der Waals surface area contributed by atoms with Crippen LogP contribution in [0.3, 0.4) is 0 Å². The fourth-order valence-electron chi connectivity index (χ4n) is 2.86.